The van der Waals surface area contributed by atoms with Crippen molar-refractivity contribution in [3.05, 3.63) is 47.4 Å². The molecule has 1 aromatic carbocycles. The zero-order valence-corrected chi connectivity index (χ0v) is 10.9. The predicted octanol–water partition coefficient (Wildman–Crippen LogP) is 2.71. The topological polar surface area (TPSA) is 47.0 Å². The van der Waals surface area contributed by atoms with Crippen molar-refractivity contribution in [2.24, 2.45) is 0 Å². The molecule has 0 aliphatic carbocycles. The number of anilines is 1. The van der Waals surface area contributed by atoms with Crippen molar-refractivity contribution in [3.8, 4) is 5.75 Å². The number of hydrogen-bond donors (Lipinski definition) is 1. The van der Waals surface area contributed by atoms with E-state index in [2.05, 4.69) is 35.2 Å². The van der Waals surface area contributed by atoms with E-state index in [1.807, 2.05) is 19.2 Å². The molecule has 2 aromatic rings. The highest BCUT2D eigenvalue weighted by atomic mass is 16.5. The maximum Gasteiger partial charge on any atom is 0.144 e. The summed E-state index contributed by atoms with van der Waals surface area (Å²) in [6.07, 6.45) is 3.41. The summed E-state index contributed by atoms with van der Waals surface area (Å²) in [5, 5.41) is 2.93. The van der Waals surface area contributed by atoms with Gasteiger partial charge in [0.25, 0.3) is 0 Å². The van der Waals surface area contributed by atoms with Gasteiger partial charge in [-0.15, -0.1) is 0 Å². The van der Waals surface area contributed by atoms with Crippen LogP contribution in [-0.4, -0.2) is 17.0 Å². The van der Waals surface area contributed by atoms with Gasteiger partial charge in [0.2, 0.25) is 0 Å². The van der Waals surface area contributed by atoms with E-state index in [1.165, 1.54) is 11.1 Å². The largest absolute Gasteiger partial charge is 0.487 e. The van der Waals surface area contributed by atoms with E-state index in [1.54, 1.807) is 12.4 Å². The molecule has 94 valence electrons. The lowest BCUT2D eigenvalue weighted by atomic mass is 10.1. The Labute approximate surface area is 107 Å². The molecule has 4 heteroatoms. The van der Waals surface area contributed by atoms with Crippen molar-refractivity contribution in [1.29, 1.82) is 0 Å². The van der Waals surface area contributed by atoms with Gasteiger partial charge in [0.1, 0.15) is 18.2 Å². The van der Waals surface area contributed by atoms with Gasteiger partial charge in [0, 0.05) is 7.05 Å². The number of nitrogens with zero attached hydrogens (tertiary/aromatic N) is 2. The highest BCUT2D eigenvalue weighted by molar-refractivity contribution is 5.34. The quantitative estimate of drug-likeness (QED) is 0.897. The van der Waals surface area contributed by atoms with Gasteiger partial charge in [-0.3, -0.25) is 4.98 Å². The lowest BCUT2D eigenvalue weighted by Crippen LogP contribution is -2.01. The second-order valence-electron chi connectivity index (χ2n) is 4.18. The summed E-state index contributed by atoms with van der Waals surface area (Å²) in [4.78, 5) is 8.44. The van der Waals surface area contributed by atoms with E-state index in [0.717, 1.165) is 17.3 Å². The molecular weight excluding hydrogens is 226 g/mol. The molecule has 0 amide bonds. The fourth-order valence-corrected chi connectivity index (χ4v) is 1.52. The average Bonchev–Trinajstić information content (AvgIpc) is 2.41. The van der Waals surface area contributed by atoms with Gasteiger partial charge in [0.15, 0.2) is 0 Å². The molecule has 0 aliphatic rings. The molecule has 0 bridgehead atoms. The van der Waals surface area contributed by atoms with E-state index in [4.69, 9.17) is 4.74 Å². The highest BCUT2D eigenvalue weighted by Crippen LogP contribution is 2.17. The van der Waals surface area contributed by atoms with Crippen LogP contribution in [-0.2, 0) is 6.61 Å². The highest BCUT2D eigenvalue weighted by Gasteiger charge is 2.00. The SMILES string of the molecule is CNc1cnc(COc2ccc(C)c(C)c2)cn1. The molecule has 1 heterocycles. The van der Waals surface area contributed by atoms with Gasteiger partial charge < -0.3 is 10.1 Å². The van der Waals surface area contributed by atoms with Crippen molar-refractivity contribution < 1.29 is 4.74 Å². The van der Waals surface area contributed by atoms with Gasteiger partial charge in [-0.2, -0.15) is 0 Å². The monoisotopic (exact) mass is 243 g/mol. The summed E-state index contributed by atoms with van der Waals surface area (Å²) in [5.74, 6) is 1.61. The van der Waals surface area contributed by atoms with Crippen LogP contribution >= 0.6 is 0 Å². The predicted molar refractivity (Wildman–Crippen MR) is 71.8 cm³/mol. The zero-order chi connectivity index (χ0) is 13.0. The van der Waals surface area contributed by atoms with E-state index in [9.17, 15) is 0 Å². The molecule has 0 saturated carbocycles. The van der Waals surface area contributed by atoms with Crippen LogP contribution in [0.4, 0.5) is 5.82 Å². The molecule has 2 rings (SSSR count). The summed E-state index contributed by atoms with van der Waals surface area (Å²) in [5.41, 5.74) is 3.30. The first-order valence-corrected chi connectivity index (χ1v) is 5.88. The third-order valence-corrected chi connectivity index (χ3v) is 2.83. The standard InChI is InChI=1S/C14H17N3O/c1-10-4-5-13(6-11(10)2)18-9-12-7-17-14(15-3)8-16-12/h4-8H,9H2,1-3H3,(H,15,17). The van der Waals surface area contributed by atoms with Crippen molar-refractivity contribution in [2.45, 2.75) is 20.5 Å². The summed E-state index contributed by atoms with van der Waals surface area (Å²) in [7, 11) is 1.81. The summed E-state index contributed by atoms with van der Waals surface area (Å²) in [6, 6.07) is 6.06. The Morgan fingerprint density at radius 2 is 1.94 bits per heavy atom. The van der Waals surface area contributed by atoms with Crippen molar-refractivity contribution in [2.75, 3.05) is 12.4 Å². The Morgan fingerprint density at radius 3 is 2.56 bits per heavy atom. The van der Waals surface area contributed by atoms with Gasteiger partial charge in [0.05, 0.1) is 18.1 Å². The molecular formula is C14H17N3O. The minimum Gasteiger partial charge on any atom is -0.487 e. The number of nitrogens with one attached hydrogen (secondary N) is 1. The van der Waals surface area contributed by atoms with Gasteiger partial charge in [-0.25, -0.2) is 4.98 Å². The number of benzene rings is 1. The number of ether oxygens (including phenoxy) is 1. The average molecular weight is 243 g/mol. The second-order valence-corrected chi connectivity index (χ2v) is 4.18. The minimum absolute atomic E-state index is 0.430. The summed E-state index contributed by atoms with van der Waals surface area (Å²) < 4.78 is 5.68. The Balaban J connectivity index is 1.99. The number of rotatable bonds is 4. The zero-order valence-electron chi connectivity index (χ0n) is 10.9. The lowest BCUT2D eigenvalue weighted by Gasteiger charge is -2.08. The van der Waals surface area contributed by atoms with Crippen molar-refractivity contribution in [3.63, 3.8) is 0 Å². The number of aryl methyl sites for hydroxylation is 2. The first-order chi connectivity index (χ1) is 8.69. The molecule has 1 aromatic heterocycles. The minimum atomic E-state index is 0.430. The molecule has 0 aliphatic heterocycles. The lowest BCUT2D eigenvalue weighted by molar-refractivity contribution is 0.300. The second kappa shape index (κ2) is 5.49. The first-order valence-electron chi connectivity index (χ1n) is 5.88. The number of hydrogen-bond acceptors (Lipinski definition) is 4. The van der Waals surface area contributed by atoms with Crippen LogP contribution in [0.25, 0.3) is 0 Å². The van der Waals surface area contributed by atoms with Crippen LogP contribution in [0.15, 0.2) is 30.6 Å². The first kappa shape index (κ1) is 12.4. The fraction of sp³-hybridized carbons (Fsp3) is 0.286. The summed E-state index contributed by atoms with van der Waals surface area (Å²) >= 11 is 0. The van der Waals surface area contributed by atoms with E-state index >= 15 is 0 Å². The Morgan fingerprint density at radius 1 is 1.11 bits per heavy atom. The van der Waals surface area contributed by atoms with Gasteiger partial charge in [-0.1, -0.05) is 6.07 Å². The molecule has 0 atom stereocenters. The third kappa shape index (κ3) is 2.97. The maximum atomic E-state index is 5.68. The smallest absolute Gasteiger partial charge is 0.144 e. The third-order valence-electron chi connectivity index (χ3n) is 2.83. The van der Waals surface area contributed by atoms with Crippen molar-refractivity contribution in [1.82, 2.24) is 9.97 Å². The van der Waals surface area contributed by atoms with Crippen LogP contribution in [0.1, 0.15) is 16.8 Å². The molecule has 0 unspecified atom stereocenters. The van der Waals surface area contributed by atoms with Gasteiger partial charge in [-0.05, 0) is 37.1 Å². The Kier molecular flexibility index (Phi) is 3.77. The molecule has 0 spiro atoms. The molecule has 0 radical (unpaired) electrons. The fourth-order valence-electron chi connectivity index (χ4n) is 1.52. The summed E-state index contributed by atoms with van der Waals surface area (Å²) in [6.45, 7) is 4.59. The van der Waals surface area contributed by atoms with Crippen LogP contribution < -0.4 is 10.1 Å². The number of aromatic nitrogens is 2. The van der Waals surface area contributed by atoms with Crippen molar-refractivity contribution >= 4 is 5.82 Å². The molecule has 1 N–H and O–H groups in total. The van der Waals surface area contributed by atoms with E-state index in [0.29, 0.717) is 6.61 Å². The van der Waals surface area contributed by atoms with E-state index < -0.39 is 0 Å². The van der Waals surface area contributed by atoms with Crippen LogP contribution in [0.5, 0.6) is 5.75 Å². The normalized spacial score (nSPS) is 10.2. The maximum absolute atomic E-state index is 5.68. The molecule has 18 heavy (non-hydrogen) atoms. The molecule has 0 fully saturated rings. The Bertz CT molecular complexity index is 523. The van der Waals surface area contributed by atoms with Crippen LogP contribution in [0.3, 0.4) is 0 Å². The Hall–Kier alpha value is -2.10. The van der Waals surface area contributed by atoms with Crippen LogP contribution in [0.2, 0.25) is 0 Å². The van der Waals surface area contributed by atoms with Gasteiger partial charge >= 0.3 is 0 Å². The van der Waals surface area contributed by atoms with E-state index in [-0.39, 0.29) is 0 Å². The molecule has 4 nitrogen and oxygen atoms in total. The van der Waals surface area contributed by atoms with Crippen LogP contribution in [0, 0.1) is 13.8 Å². The molecule has 0 saturated heterocycles.